The Labute approximate surface area is 101 Å². The first-order valence-corrected chi connectivity index (χ1v) is 5.63. The van der Waals surface area contributed by atoms with Crippen LogP contribution in [0.3, 0.4) is 0 Å². The second-order valence-electron chi connectivity index (χ2n) is 4.90. The molecule has 0 unspecified atom stereocenters. The monoisotopic (exact) mass is 237 g/mol. The number of nitrogens with one attached hydrogen (secondary N) is 1. The maximum absolute atomic E-state index is 10.6. The van der Waals surface area contributed by atoms with Crippen molar-refractivity contribution >= 4 is 17.1 Å². The molecule has 1 aromatic rings. The number of nitro benzene ring substituents is 1. The van der Waals surface area contributed by atoms with Crippen LogP contribution in [-0.4, -0.2) is 11.5 Å². The third kappa shape index (κ3) is 3.62. The summed E-state index contributed by atoms with van der Waals surface area (Å²) in [6.07, 6.45) is 1.05. The molecule has 0 spiro atoms. The van der Waals surface area contributed by atoms with Crippen molar-refractivity contribution < 1.29 is 4.92 Å². The average Bonchev–Trinajstić information content (AvgIpc) is 2.27. The molecule has 0 radical (unpaired) electrons. The second kappa shape index (κ2) is 5.03. The maximum Gasteiger partial charge on any atom is 0.271 e. The normalized spacial score (nSPS) is 11.2. The van der Waals surface area contributed by atoms with Crippen LogP contribution < -0.4 is 11.1 Å². The number of rotatable bonds is 5. The molecule has 17 heavy (non-hydrogen) atoms. The minimum Gasteiger partial charge on any atom is -0.397 e. The molecule has 0 aliphatic heterocycles. The minimum atomic E-state index is -0.448. The van der Waals surface area contributed by atoms with Gasteiger partial charge >= 0.3 is 0 Å². The number of benzene rings is 1. The zero-order valence-electron chi connectivity index (χ0n) is 10.5. The van der Waals surface area contributed by atoms with Crippen molar-refractivity contribution in [2.24, 2.45) is 5.41 Å². The molecule has 1 aromatic carbocycles. The van der Waals surface area contributed by atoms with E-state index >= 15 is 0 Å². The molecule has 5 nitrogen and oxygen atoms in total. The first-order chi connectivity index (χ1) is 7.85. The fourth-order valence-corrected chi connectivity index (χ4v) is 1.28. The van der Waals surface area contributed by atoms with Gasteiger partial charge in [-0.05, 0) is 17.9 Å². The van der Waals surface area contributed by atoms with Crippen molar-refractivity contribution in [1.29, 1.82) is 0 Å². The number of nitro groups is 1. The van der Waals surface area contributed by atoms with Crippen molar-refractivity contribution in [3.63, 3.8) is 0 Å². The summed E-state index contributed by atoms with van der Waals surface area (Å²) in [6, 6.07) is 4.48. The van der Waals surface area contributed by atoms with E-state index in [1.807, 2.05) is 0 Å². The number of anilines is 2. The lowest BCUT2D eigenvalue weighted by Crippen LogP contribution is -2.22. The highest BCUT2D eigenvalue weighted by atomic mass is 16.6. The Bertz CT molecular complexity index is 416. The van der Waals surface area contributed by atoms with E-state index in [1.165, 1.54) is 12.1 Å². The SMILES string of the molecule is CCC(C)(C)CNc1ccc([N+](=O)[O-])cc1N. The van der Waals surface area contributed by atoms with Gasteiger partial charge in [-0.3, -0.25) is 10.1 Å². The van der Waals surface area contributed by atoms with Crippen LogP contribution in [0.4, 0.5) is 17.1 Å². The van der Waals surface area contributed by atoms with Crippen molar-refractivity contribution in [2.75, 3.05) is 17.6 Å². The molecule has 0 amide bonds. The van der Waals surface area contributed by atoms with E-state index in [-0.39, 0.29) is 11.1 Å². The van der Waals surface area contributed by atoms with Crippen LogP contribution in [0.1, 0.15) is 27.2 Å². The summed E-state index contributed by atoms with van der Waals surface area (Å²) in [5.74, 6) is 0. The topological polar surface area (TPSA) is 81.2 Å². The molecule has 0 bridgehead atoms. The molecule has 0 atom stereocenters. The van der Waals surface area contributed by atoms with Gasteiger partial charge in [-0.2, -0.15) is 0 Å². The number of nitrogens with two attached hydrogens (primary N) is 1. The van der Waals surface area contributed by atoms with Gasteiger partial charge in [0.05, 0.1) is 16.3 Å². The quantitative estimate of drug-likeness (QED) is 0.468. The van der Waals surface area contributed by atoms with Crippen LogP contribution in [0.5, 0.6) is 0 Å². The molecule has 0 aliphatic rings. The van der Waals surface area contributed by atoms with E-state index in [0.29, 0.717) is 5.69 Å². The Balaban J connectivity index is 2.77. The summed E-state index contributed by atoms with van der Waals surface area (Å²) in [7, 11) is 0. The van der Waals surface area contributed by atoms with E-state index in [9.17, 15) is 10.1 Å². The number of nitrogens with zero attached hydrogens (tertiary/aromatic N) is 1. The number of non-ortho nitro benzene ring substituents is 1. The summed E-state index contributed by atoms with van der Waals surface area (Å²) >= 11 is 0. The summed E-state index contributed by atoms with van der Waals surface area (Å²) < 4.78 is 0. The largest absolute Gasteiger partial charge is 0.397 e. The molecule has 3 N–H and O–H groups in total. The Hall–Kier alpha value is -1.78. The number of hydrogen-bond donors (Lipinski definition) is 2. The van der Waals surface area contributed by atoms with Gasteiger partial charge < -0.3 is 11.1 Å². The Morgan fingerprint density at radius 2 is 2.12 bits per heavy atom. The van der Waals surface area contributed by atoms with Gasteiger partial charge in [0.1, 0.15) is 0 Å². The summed E-state index contributed by atoms with van der Waals surface area (Å²) in [5, 5.41) is 13.8. The summed E-state index contributed by atoms with van der Waals surface area (Å²) in [6.45, 7) is 7.22. The van der Waals surface area contributed by atoms with Crippen LogP contribution in [0.15, 0.2) is 18.2 Å². The fraction of sp³-hybridized carbons (Fsp3) is 0.500. The van der Waals surface area contributed by atoms with Crippen LogP contribution in [0, 0.1) is 15.5 Å². The van der Waals surface area contributed by atoms with Gasteiger partial charge in [-0.1, -0.05) is 20.8 Å². The smallest absolute Gasteiger partial charge is 0.271 e. The molecule has 0 saturated heterocycles. The highest BCUT2D eigenvalue weighted by molar-refractivity contribution is 5.69. The molecular weight excluding hydrogens is 218 g/mol. The van der Waals surface area contributed by atoms with Gasteiger partial charge in [0.25, 0.3) is 5.69 Å². The van der Waals surface area contributed by atoms with E-state index in [4.69, 9.17) is 5.73 Å². The van der Waals surface area contributed by atoms with E-state index in [1.54, 1.807) is 6.07 Å². The zero-order chi connectivity index (χ0) is 13.1. The van der Waals surface area contributed by atoms with Crippen LogP contribution in [-0.2, 0) is 0 Å². The second-order valence-corrected chi connectivity index (χ2v) is 4.90. The lowest BCUT2D eigenvalue weighted by atomic mass is 9.90. The summed E-state index contributed by atoms with van der Waals surface area (Å²) in [4.78, 5) is 10.1. The highest BCUT2D eigenvalue weighted by Crippen LogP contribution is 2.26. The Morgan fingerprint density at radius 1 is 1.47 bits per heavy atom. The lowest BCUT2D eigenvalue weighted by molar-refractivity contribution is -0.384. The first kappa shape index (κ1) is 13.3. The van der Waals surface area contributed by atoms with Crippen molar-refractivity contribution in [1.82, 2.24) is 0 Å². The van der Waals surface area contributed by atoms with Gasteiger partial charge in [-0.25, -0.2) is 0 Å². The van der Waals surface area contributed by atoms with Crippen LogP contribution in [0.25, 0.3) is 0 Å². The lowest BCUT2D eigenvalue weighted by Gasteiger charge is -2.24. The van der Waals surface area contributed by atoms with Gasteiger partial charge in [-0.15, -0.1) is 0 Å². The molecule has 94 valence electrons. The van der Waals surface area contributed by atoms with E-state index < -0.39 is 4.92 Å². The predicted molar refractivity (Wildman–Crippen MR) is 70.1 cm³/mol. The first-order valence-electron chi connectivity index (χ1n) is 5.63. The maximum atomic E-state index is 10.6. The zero-order valence-corrected chi connectivity index (χ0v) is 10.5. The third-order valence-corrected chi connectivity index (χ3v) is 2.96. The molecule has 5 heteroatoms. The van der Waals surface area contributed by atoms with Gasteiger partial charge in [0.2, 0.25) is 0 Å². The fourth-order valence-electron chi connectivity index (χ4n) is 1.28. The standard InChI is InChI=1S/C12H19N3O2/c1-4-12(2,3)8-14-11-6-5-9(15(16)17)7-10(11)13/h5-7,14H,4,8,13H2,1-3H3. The Kier molecular flexibility index (Phi) is 3.93. The molecular formula is C12H19N3O2. The third-order valence-electron chi connectivity index (χ3n) is 2.96. The molecule has 0 heterocycles. The predicted octanol–water partition coefficient (Wildman–Crippen LogP) is 3.03. The van der Waals surface area contributed by atoms with Crippen molar-refractivity contribution in [2.45, 2.75) is 27.2 Å². The van der Waals surface area contributed by atoms with Gasteiger partial charge in [0.15, 0.2) is 0 Å². The average molecular weight is 237 g/mol. The molecule has 0 fully saturated rings. The van der Waals surface area contributed by atoms with Gasteiger partial charge in [0, 0.05) is 18.7 Å². The van der Waals surface area contributed by atoms with E-state index in [2.05, 4.69) is 26.1 Å². The highest BCUT2D eigenvalue weighted by Gasteiger charge is 2.15. The molecule has 0 aliphatic carbocycles. The van der Waals surface area contributed by atoms with Crippen molar-refractivity contribution in [3.8, 4) is 0 Å². The summed E-state index contributed by atoms with van der Waals surface area (Å²) in [5.41, 5.74) is 7.11. The Morgan fingerprint density at radius 3 is 2.59 bits per heavy atom. The van der Waals surface area contributed by atoms with Crippen LogP contribution >= 0.6 is 0 Å². The van der Waals surface area contributed by atoms with E-state index in [0.717, 1.165) is 18.7 Å². The molecule has 1 rings (SSSR count). The molecule has 0 saturated carbocycles. The van der Waals surface area contributed by atoms with Crippen molar-refractivity contribution in [3.05, 3.63) is 28.3 Å². The number of hydrogen-bond acceptors (Lipinski definition) is 4. The minimum absolute atomic E-state index is 0.0165. The van der Waals surface area contributed by atoms with Crippen LogP contribution in [0.2, 0.25) is 0 Å². The molecule has 0 aromatic heterocycles. The number of nitrogen functional groups attached to an aromatic ring is 1.